The number of aliphatic imine (C=N–C) groups is 1. The summed E-state index contributed by atoms with van der Waals surface area (Å²) in [6.45, 7) is 7.70. The maximum absolute atomic E-state index is 5.77. The van der Waals surface area contributed by atoms with Crippen molar-refractivity contribution in [2.75, 3.05) is 26.2 Å². The second-order valence-electron chi connectivity index (χ2n) is 7.06. The van der Waals surface area contributed by atoms with E-state index in [-0.39, 0.29) is 24.0 Å². The summed E-state index contributed by atoms with van der Waals surface area (Å²) in [5.74, 6) is 2.72. The van der Waals surface area contributed by atoms with Gasteiger partial charge in [-0.05, 0) is 31.5 Å². The molecule has 0 atom stereocenters. The van der Waals surface area contributed by atoms with Crippen LogP contribution in [0.1, 0.15) is 23.9 Å². The molecule has 1 aromatic heterocycles. The molecule has 2 aromatic carbocycles. The Morgan fingerprint density at radius 3 is 2.58 bits per heavy atom. The fraction of sp³-hybridized carbons (Fsp3) is 0.333. The topological polar surface area (TPSA) is 63.5 Å². The molecule has 0 bridgehead atoms. The largest absolute Gasteiger partial charge is 0.492 e. The molecule has 0 spiro atoms. The molecule has 0 radical (unpaired) electrons. The van der Waals surface area contributed by atoms with Gasteiger partial charge in [0.05, 0.1) is 6.54 Å². The van der Waals surface area contributed by atoms with Gasteiger partial charge >= 0.3 is 0 Å². The average Bonchev–Trinajstić information content (AvgIpc) is 3.20. The molecule has 0 aliphatic carbocycles. The minimum absolute atomic E-state index is 0. The second kappa shape index (κ2) is 13.7. The van der Waals surface area contributed by atoms with E-state index < -0.39 is 0 Å². The van der Waals surface area contributed by atoms with Gasteiger partial charge in [-0.25, -0.2) is 4.98 Å². The number of aryl methyl sites for hydroxylation is 1. The smallest absolute Gasteiger partial charge is 0.191 e. The van der Waals surface area contributed by atoms with Crippen molar-refractivity contribution in [2.24, 2.45) is 4.99 Å². The number of nitrogens with zero attached hydrogens (tertiary/aromatic N) is 3. The fourth-order valence-corrected chi connectivity index (χ4v) is 3.07. The van der Waals surface area contributed by atoms with E-state index in [0.29, 0.717) is 19.7 Å². The van der Waals surface area contributed by atoms with Crippen LogP contribution in [0.15, 0.2) is 72.0 Å². The van der Waals surface area contributed by atoms with Crippen molar-refractivity contribution in [3.8, 4) is 5.75 Å². The fourth-order valence-electron chi connectivity index (χ4n) is 3.07. The highest BCUT2D eigenvalue weighted by molar-refractivity contribution is 14.0. The van der Waals surface area contributed by atoms with Crippen LogP contribution in [0.25, 0.3) is 0 Å². The highest BCUT2D eigenvalue weighted by Gasteiger charge is 2.04. The van der Waals surface area contributed by atoms with Crippen molar-refractivity contribution >= 4 is 29.9 Å². The van der Waals surface area contributed by atoms with E-state index in [9.17, 15) is 0 Å². The summed E-state index contributed by atoms with van der Waals surface area (Å²) in [7, 11) is 0. The van der Waals surface area contributed by atoms with Crippen molar-refractivity contribution in [3.05, 3.63) is 83.9 Å². The first-order chi connectivity index (χ1) is 14.7. The van der Waals surface area contributed by atoms with Crippen LogP contribution in [0.4, 0.5) is 0 Å². The maximum Gasteiger partial charge on any atom is 0.191 e. The van der Waals surface area contributed by atoms with Crippen molar-refractivity contribution < 1.29 is 4.74 Å². The molecular weight excluding hydrogens is 501 g/mol. The first kappa shape index (κ1) is 24.7. The van der Waals surface area contributed by atoms with Gasteiger partial charge in [-0.15, -0.1) is 24.0 Å². The summed E-state index contributed by atoms with van der Waals surface area (Å²) in [6, 6.07) is 18.5. The number of aromatic nitrogens is 2. The third-order valence-corrected chi connectivity index (χ3v) is 4.63. The monoisotopic (exact) mass is 533 g/mol. The normalized spacial score (nSPS) is 11.0. The van der Waals surface area contributed by atoms with E-state index in [2.05, 4.69) is 75.4 Å². The molecule has 0 aliphatic heterocycles. The lowest BCUT2D eigenvalue weighted by atomic mass is 10.2. The van der Waals surface area contributed by atoms with E-state index in [1.165, 1.54) is 11.1 Å². The summed E-state index contributed by atoms with van der Waals surface area (Å²) in [5.41, 5.74) is 2.50. The van der Waals surface area contributed by atoms with Gasteiger partial charge in [-0.3, -0.25) is 4.99 Å². The molecule has 0 unspecified atom stereocenters. The number of benzene rings is 2. The van der Waals surface area contributed by atoms with Gasteiger partial charge in [-0.2, -0.15) is 0 Å². The summed E-state index contributed by atoms with van der Waals surface area (Å²) in [4.78, 5) is 9.18. The lowest BCUT2D eigenvalue weighted by molar-refractivity contribution is 0.322. The zero-order valence-electron chi connectivity index (χ0n) is 18.3. The maximum atomic E-state index is 5.77. The van der Waals surface area contributed by atoms with Crippen molar-refractivity contribution in [3.63, 3.8) is 0 Å². The minimum atomic E-state index is 0. The Labute approximate surface area is 202 Å². The third-order valence-electron chi connectivity index (χ3n) is 4.63. The van der Waals surface area contributed by atoms with E-state index >= 15 is 0 Å². The first-order valence-electron chi connectivity index (χ1n) is 10.5. The molecule has 0 amide bonds. The van der Waals surface area contributed by atoms with Gasteiger partial charge in [0.1, 0.15) is 18.2 Å². The molecule has 7 heteroatoms. The molecule has 0 saturated heterocycles. The van der Waals surface area contributed by atoms with Gasteiger partial charge < -0.3 is 19.9 Å². The van der Waals surface area contributed by atoms with Crippen LogP contribution in [0.5, 0.6) is 5.75 Å². The molecule has 3 aromatic rings. The predicted octanol–water partition coefficient (Wildman–Crippen LogP) is 4.03. The highest BCUT2D eigenvalue weighted by atomic mass is 127. The standard InChI is InChI=1S/C24H31N5O.HI/c1-3-25-24(28-16-18-30-22-11-9-20(2)10-12-22)27-14-13-23-26-15-17-29(23)19-21-7-5-4-6-8-21;/h4-12,15,17H,3,13-14,16,18-19H2,1-2H3,(H2,25,27,28);1H. The van der Waals surface area contributed by atoms with Crippen LogP contribution in [0.3, 0.4) is 0 Å². The van der Waals surface area contributed by atoms with Gasteiger partial charge in [0.15, 0.2) is 5.96 Å². The Hall–Kier alpha value is -2.55. The number of hydrogen-bond donors (Lipinski definition) is 2. The number of imidazole rings is 1. The molecular formula is C24H32IN5O. The quantitative estimate of drug-likeness (QED) is 0.179. The lowest BCUT2D eigenvalue weighted by Crippen LogP contribution is -2.39. The molecule has 0 saturated carbocycles. The molecule has 166 valence electrons. The highest BCUT2D eigenvalue weighted by Crippen LogP contribution is 2.10. The molecule has 0 fully saturated rings. The summed E-state index contributed by atoms with van der Waals surface area (Å²) in [6.07, 6.45) is 4.67. The lowest BCUT2D eigenvalue weighted by Gasteiger charge is -2.12. The number of ether oxygens (including phenoxy) is 1. The number of nitrogens with one attached hydrogen (secondary N) is 2. The molecule has 2 N–H and O–H groups in total. The van der Waals surface area contributed by atoms with Crippen LogP contribution in [0.2, 0.25) is 0 Å². The zero-order chi connectivity index (χ0) is 21.0. The summed E-state index contributed by atoms with van der Waals surface area (Å²) >= 11 is 0. The van der Waals surface area contributed by atoms with Gasteiger partial charge in [0.25, 0.3) is 0 Å². The van der Waals surface area contributed by atoms with E-state index in [1.54, 1.807) is 0 Å². The minimum Gasteiger partial charge on any atom is -0.492 e. The van der Waals surface area contributed by atoms with E-state index in [4.69, 9.17) is 4.74 Å². The average molecular weight is 533 g/mol. The Balaban J connectivity index is 0.00000341. The van der Waals surface area contributed by atoms with Gasteiger partial charge in [0, 0.05) is 38.4 Å². The Morgan fingerprint density at radius 1 is 1.06 bits per heavy atom. The van der Waals surface area contributed by atoms with Crippen LogP contribution in [0, 0.1) is 6.92 Å². The van der Waals surface area contributed by atoms with Crippen LogP contribution >= 0.6 is 24.0 Å². The zero-order valence-corrected chi connectivity index (χ0v) is 20.6. The molecule has 0 aliphatic rings. The number of guanidine groups is 1. The Kier molecular flexibility index (Phi) is 10.9. The predicted molar refractivity (Wildman–Crippen MR) is 138 cm³/mol. The summed E-state index contributed by atoms with van der Waals surface area (Å²) < 4.78 is 7.95. The molecule has 31 heavy (non-hydrogen) atoms. The molecule has 3 rings (SSSR count). The van der Waals surface area contributed by atoms with Crippen LogP contribution in [-0.2, 0) is 13.0 Å². The first-order valence-corrected chi connectivity index (χ1v) is 10.5. The van der Waals surface area contributed by atoms with Gasteiger partial charge in [0.2, 0.25) is 0 Å². The van der Waals surface area contributed by atoms with Crippen molar-refractivity contribution in [2.45, 2.75) is 26.8 Å². The van der Waals surface area contributed by atoms with Crippen LogP contribution in [-0.4, -0.2) is 41.8 Å². The van der Waals surface area contributed by atoms with Crippen molar-refractivity contribution in [1.29, 1.82) is 0 Å². The Morgan fingerprint density at radius 2 is 1.84 bits per heavy atom. The Bertz CT molecular complexity index is 909. The number of hydrogen-bond acceptors (Lipinski definition) is 3. The number of rotatable bonds is 10. The number of halogens is 1. The van der Waals surface area contributed by atoms with Gasteiger partial charge in [-0.1, -0.05) is 48.0 Å². The summed E-state index contributed by atoms with van der Waals surface area (Å²) in [5, 5.41) is 6.60. The molecule has 6 nitrogen and oxygen atoms in total. The van der Waals surface area contributed by atoms with Crippen LogP contribution < -0.4 is 15.4 Å². The molecule has 1 heterocycles. The second-order valence-corrected chi connectivity index (χ2v) is 7.06. The third kappa shape index (κ3) is 8.61. The van der Waals surface area contributed by atoms with E-state index in [0.717, 1.165) is 37.0 Å². The SMILES string of the molecule is CCNC(=NCCc1nccn1Cc1ccccc1)NCCOc1ccc(C)cc1.I. The van der Waals surface area contributed by atoms with Crippen molar-refractivity contribution in [1.82, 2.24) is 20.2 Å². The van der Waals surface area contributed by atoms with E-state index in [1.807, 2.05) is 30.6 Å².